The van der Waals surface area contributed by atoms with Crippen LogP contribution in [0.1, 0.15) is 117 Å². The molecule has 27 heavy (non-hydrogen) atoms. The Hall–Kier alpha value is 0.140. The van der Waals surface area contributed by atoms with Crippen LogP contribution in [0.5, 0.6) is 0 Å². The molecule has 0 aliphatic rings. The highest BCUT2D eigenvalue weighted by atomic mass is 79.9. The predicted molar refractivity (Wildman–Crippen MR) is 124 cm³/mol. The third kappa shape index (κ3) is 22.3. The molecule has 162 valence electrons. The van der Waals surface area contributed by atoms with Crippen LogP contribution in [-0.2, 0) is 9.47 Å². The van der Waals surface area contributed by atoms with Gasteiger partial charge in [0.15, 0.2) is 6.29 Å². The average Bonchev–Trinajstić information content (AvgIpc) is 2.68. The molecule has 0 spiro atoms. The van der Waals surface area contributed by atoms with E-state index in [1.54, 1.807) is 0 Å². The first-order valence-electron chi connectivity index (χ1n) is 11.8. The average molecular weight is 448 g/mol. The topological polar surface area (TPSA) is 18.5 Å². The monoisotopic (exact) mass is 446 g/mol. The van der Waals surface area contributed by atoms with Gasteiger partial charge in [-0.1, -0.05) is 99.7 Å². The fraction of sp³-hybridized carbons (Fsp3) is 0.917. The van der Waals surface area contributed by atoms with Crippen LogP contribution in [0.3, 0.4) is 0 Å². The molecular weight excluding hydrogens is 400 g/mol. The third-order valence-electron chi connectivity index (χ3n) is 4.86. The summed E-state index contributed by atoms with van der Waals surface area (Å²) in [6, 6.07) is 0. The molecule has 0 saturated carbocycles. The van der Waals surface area contributed by atoms with E-state index < -0.39 is 0 Å². The summed E-state index contributed by atoms with van der Waals surface area (Å²) in [5, 5.41) is 1.08. The molecule has 0 aliphatic heterocycles. The highest BCUT2D eigenvalue weighted by molar-refractivity contribution is 9.09. The lowest BCUT2D eigenvalue weighted by Crippen LogP contribution is -2.19. The van der Waals surface area contributed by atoms with E-state index in [1.807, 2.05) is 0 Å². The molecule has 0 aromatic carbocycles. The van der Waals surface area contributed by atoms with E-state index in [1.165, 1.54) is 89.9 Å². The Morgan fingerprint density at radius 1 is 0.630 bits per heavy atom. The maximum atomic E-state index is 6.04. The zero-order valence-electron chi connectivity index (χ0n) is 18.4. The first-order valence-corrected chi connectivity index (χ1v) is 12.9. The second-order valence-corrected chi connectivity index (χ2v) is 8.38. The zero-order chi connectivity index (χ0) is 19.8. The Morgan fingerprint density at radius 3 is 1.74 bits per heavy atom. The maximum absolute atomic E-state index is 6.04. The Morgan fingerprint density at radius 2 is 1.15 bits per heavy atom. The Kier molecular flexibility index (Phi) is 24.3. The van der Waals surface area contributed by atoms with Crippen molar-refractivity contribution < 1.29 is 9.47 Å². The molecule has 2 nitrogen and oxygen atoms in total. The Balaban J connectivity index is 3.73. The number of unbranched alkanes of at least 4 members (excludes halogenated alkanes) is 11. The van der Waals surface area contributed by atoms with Crippen LogP contribution < -0.4 is 0 Å². The minimum atomic E-state index is 0.0282. The number of allylic oxidation sites excluding steroid dienone is 2. The Bertz CT molecular complexity index is 280. The normalized spacial score (nSPS) is 11.9. The minimum absolute atomic E-state index is 0.0282. The molecule has 0 radical (unpaired) electrons. The van der Waals surface area contributed by atoms with Crippen LogP contribution in [0, 0.1) is 0 Å². The maximum Gasteiger partial charge on any atom is 0.157 e. The lowest BCUT2D eigenvalue weighted by atomic mass is 10.1. The number of alkyl halides is 1. The van der Waals surface area contributed by atoms with Crippen molar-refractivity contribution >= 4 is 15.9 Å². The molecule has 0 saturated heterocycles. The smallest absolute Gasteiger partial charge is 0.157 e. The van der Waals surface area contributed by atoms with Crippen LogP contribution in [-0.4, -0.2) is 24.8 Å². The van der Waals surface area contributed by atoms with Gasteiger partial charge in [0.05, 0.1) is 0 Å². The number of ether oxygens (including phenoxy) is 2. The lowest BCUT2D eigenvalue weighted by molar-refractivity contribution is -0.148. The minimum Gasteiger partial charge on any atom is -0.353 e. The molecular formula is C24H47BrO2. The summed E-state index contributed by atoms with van der Waals surface area (Å²) in [5.74, 6) is 0. The standard InChI is InChI=1S/C24H47BrO2/c1-3-5-7-18-22-26-24(27-23-19-8-6-4-2)20-16-14-12-10-9-11-13-15-17-21-25/h13,15,24H,3-12,14,16-23H2,1-2H3/b15-13+. The number of hydrogen-bond acceptors (Lipinski definition) is 2. The lowest BCUT2D eigenvalue weighted by Gasteiger charge is -2.19. The van der Waals surface area contributed by atoms with Gasteiger partial charge in [0, 0.05) is 18.5 Å². The number of rotatable bonds is 22. The molecule has 0 aromatic heterocycles. The molecule has 0 unspecified atom stereocenters. The van der Waals surface area contributed by atoms with Gasteiger partial charge in [-0.2, -0.15) is 0 Å². The number of halogens is 1. The molecule has 0 heterocycles. The van der Waals surface area contributed by atoms with Crippen LogP contribution in [0.15, 0.2) is 12.2 Å². The van der Waals surface area contributed by atoms with Gasteiger partial charge in [-0.25, -0.2) is 0 Å². The van der Waals surface area contributed by atoms with Gasteiger partial charge in [0.2, 0.25) is 0 Å². The highest BCUT2D eigenvalue weighted by Gasteiger charge is 2.09. The molecule has 0 aromatic rings. The third-order valence-corrected chi connectivity index (χ3v) is 5.31. The molecule has 0 aliphatic carbocycles. The molecule has 3 heteroatoms. The zero-order valence-corrected chi connectivity index (χ0v) is 19.9. The van der Waals surface area contributed by atoms with Gasteiger partial charge in [0.1, 0.15) is 0 Å². The quantitative estimate of drug-likeness (QED) is 0.0716. The summed E-state index contributed by atoms with van der Waals surface area (Å²) in [4.78, 5) is 0. The molecule has 0 amide bonds. The van der Waals surface area contributed by atoms with Gasteiger partial charge < -0.3 is 9.47 Å². The van der Waals surface area contributed by atoms with Gasteiger partial charge in [0.25, 0.3) is 0 Å². The van der Waals surface area contributed by atoms with E-state index in [9.17, 15) is 0 Å². The molecule has 0 bridgehead atoms. The van der Waals surface area contributed by atoms with E-state index in [2.05, 4.69) is 41.9 Å². The second kappa shape index (κ2) is 24.2. The number of hydrogen-bond donors (Lipinski definition) is 0. The summed E-state index contributed by atoms with van der Waals surface area (Å²) in [7, 11) is 0. The first-order chi connectivity index (χ1) is 13.3. The fourth-order valence-electron chi connectivity index (χ4n) is 3.10. The molecule has 0 N–H and O–H groups in total. The SMILES string of the molecule is CCCCCCOC(CCCCCCC/C=C/CCBr)OCCCCCC. The van der Waals surface area contributed by atoms with Gasteiger partial charge >= 0.3 is 0 Å². The van der Waals surface area contributed by atoms with Gasteiger partial charge in [-0.05, 0) is 44.9 Å². The predicted octanol–water partition coefficient (Wildman–Crippen LogP) is 8.58. The van der Waals surface area contributed by atoms with Crippen molar-refractivity contribution in [2.45, 2.75) is 123 Å². The van der Waals surface area contributed by atoms with Gasteiger partial charge in [-0.15, -0.1) is 0 Å². The van der Waals surface area contributed by atoms with Crippen molar-refractivity contribution in [3.05, 3.63) is 12.2 Å². The van der Waals surface area contributed by atoms with Crippen molar-refractivity contribution in [2.75, 3.05) is 18.5 Å². The van der Waals surface area contributed by atoms with E-state index >= 15 is 0 Å². The van der Waals surface area contributed by atoms with Gasteiger partial charge in [-0.3, -0.25) is 0 Å². The fourth-order valence-corrected chi connectivity index (χ4v) is 3.37. The molecule has 0 rings (SSSR count). The largest absolute Gasteiger partial charge is 0.353 e. The van der Waals surface area contributed by atoms with Crippen LogP contribution in [0.2, 0.25) is 0 Å². The summed E-state index contributed by atoms with van der Waals surface area (Å²) >= 11 is 3.45. The van der Waals surface area contributed by atoms with Crippen molar-refractivity contribution in [3.63, 3.8) is 0 Å². The van der Waals surface area contributed by atoms with E-state index in [0.717, 1.165) is 31.4 Å². The van der Waals surface area contributed by atoms with Crippen molar-refractivity contribution in [1.29, 1.82) is 0 Å². The summed E-state index contributed by atoms with van der Waals surface area (Å²) < 4.78 is 12.1. The Labute approximate surface area is 179 Å². The molecule has 0 fully saturated rings. The van der Waals surface area contributed by atoms with Crippen molar-refractivity contribution in [2.24, 2.45) is 0 Å². The van der Waals surface area contributed by atoms with Crippen LogP contribution >= 0.6 is 15.9 Å². The van der Waals surface area contributed by atoms with Crippen LogP contribution in [0.25, 0.3) is 0 Å². The summed E-state index contributed by atoms with van der Waals surface area (Å²) in [6.07, 6.45) is 24.7. The van der Waals surface area contributed by atoms with E-state index in [-0.39, 0.29) is 6.29 Å². The summed E-state index contributed by atoms with van der Waals surface area (Å²) in [5.41, 5.74) is 0. The van der Waals surface area contributed by atoms with E-state index in [4.69, 9.17) is 9.47 Å². The van der Waals surface area contributed by atoms with Crippen LogP contribution in [0.4, 0.5) is 0 Å². The van der Waals surface area contributed by atoms with Crippen molar-refractivity contribution in [1.82, 2.24) is 0 Å². The summed E-state index contributed by atoms with van der Waals surface area (Å²) in [6.45, 7) is 6.23. The van der Waals surface area contributed by atoms with Crippen molar-refractivity contribution in [3.8, 4) is 0 Å². The van der Waals surface area contributed by atoms with E-state index in [0.29, 0.717) is 0 Å². The molecule has 0 atom stereocenters. The highest BCUT2D eigenvalue weighted by Crippen LogP contribution is 2.13. The first kappa shape index (κ1) is 27.1. The second-order valence-electron chi connectivity index (χ2n) is 7.59.